The van der Waals surface area contributed by atoms with Crippen LogP contribution in [0.1, 0.15) is 48.9 Å². The zero-order valence-corrected chi connectivity index (χ0v) is 14.9. The number of hydrogen-bond donors (Lipinski definition) is 1. The molecule has 1 N–H and O–H groups in total. The number of rotatable bonds is 5. The van der Waals surface area contributed by atoms with Gasteiger partial charge in [0.15, 0.2) is 0 Å². The predicted octanol–water partition coefficient (Wildman–Crippen LogP) is 4.51. The third-order valence-electron chi connectivity index (χ3n) is 4.44. The number of nitrogens with one attached hydrogen (secondary N) is 1. The molecule has 1 aliphatic carbocycles. The van der Waals surface area contributed by atoms with Crippen LogP contribution in [0, 0.1) is 5.92 Å². The topological polar surface area (TPSA) is 49.4 Å². The maximum Gasteiger partial charge on any atom is 0.255 e. The van der Waals surface area contributed by atoms with Gasteiger partial charge in [-0.05, 0) is 31.0 Å². The van der Waals surface area contributed by atoms with Gasteiger partial charge in [-0.3, -0.25) is 9.59 Å². The van der Waals surface area contributed by atoms with Crippen LogP contribution in [-0.4, -0.2) is 30.3 Å². The molecule has 24 heavy (non-hydrogen) atoms. The van der Waals surface area contributed by atoms with E-state index in [0.717, 1.165) is 25.7 Å². The third kappa shape index (κ3) is 4.84. The molecular formula is C19H25ClN2O2. The minimum absolute atomic E-state index is 0.0517. The van der Waals surface area contributed by atoms with Crippen LogP contribution < -0.4 is 5.32 Å². The second-order valence-electron chi connectivity index (χ2n) is 6.35. The molecule has 0 radical (unpaired) electrons. The fourth-order valence-corrected chi connectivity index (χ4v) is 3.30. The monoisotopic (exact) mass is 348 g/mol. The number of nitrogens with zero attached hydrogens (tertiary/aromatic N) is 1. The molecular weight excluding hydrogens is 324 g/mol. The van der Waals surface area contributed by atoms with Gasteiger partial charge in [-0.1, -0.05) is 43.4 Å². The molecule has 1 aromatic rings. The first-order chi connectivity index (χ1) is 11.5. The predicted molar refractivity (Wildman–Crippen MR) is 98.4 cm³/mol. The Balaban J connectivity index is 2.04. The van der Waals surface area contributed by atoms with Crippen LogP contribution >= 0.6 is 11.6 Å². The van der Waals surface area contributed by atoms with E-state index in [-0.39, 0.29) is 17.7 Å². The minimum Gasteiger partial charge on any atom is -0.338 e. The van der Waals surface area contributed by atoms with Gasteiger partial charge in [0.05, 0.1) is 10.6 Å². The lowest BCUT2D eigenvalue weighted by atomic mass is 9.99. The lowest BCUT2D eigenvalue weighted by Crippen LogP contribution is -2.27. The van der Waals surface area contributed by atoms with Gasteiger partial charge in [0.2, 0.25) is 5.91 Å². The second kappa shape index (κ2) is 8.88. The summed E-state index contributed by atoms with van der Waals surface area (Å²) < 4.78 is 0. The van der Waals surface area contributed by atoms with Crippen LogP contribution in [0.3, 0.4) is 0 Å². The number of benzene rings is 1. The Kier molecular flexibility index (Phi) is 6.85. The van der Waals surface area contributed by atoms with E-state index >= 15 is 0 Å². The Hall–Kier alpha value is -1.81. The molecule has 1 fully saturated rings. The van der Waals surface area contributed by atoms with Crippen LogP contribution in [0.25, 0.3) is 0 Å². The summed E-state index contributed by atoms with van der Waals surface area (Å²) in [5.41, 5.74) is 1.06. The van der Waals surface area contributed by atoms with E-state index in [1.807, 2.05) is 0 Å². The molecule has 4 nitrogen and oxygen atoms in total. The van der Waals surface area contributed by atoms with E-state index < -0.39 is 0 Å². The van der Waals surface area contributed by atoms with Gasteiger partial charge < -0.3 is 10.2 Å². The van der Waals surface area contributed by atoms with E-state index in [1.54, 1.807) is 31.3 Å². The van der Waals surface area contributed by atoms with E-state index in [9.17, 15) is 9.59 Å². The standard InChI is InChI=1S/C19H25ClN2O2/c1-3-12-22(2)19(24)16-11-10-15(13-17(16)20)21-18(23)14-8-6-4-5-7-9-14/h3,10-11,13-14H,1,4-9,12H2,2H3,(H,21,23). The van der Waals surface area contributed by atoms with Gasteiger partial charge in [-0.25, -0.2) is 0 Å². The molecule has 0 heterocycles. The summed E-state index contributed by atoms with van der Waals surface area (Å²) >= 11 is 6.24. The number of anilines is 1. The maximum absolute atomic E-state index is 12.4. The fraction of sp³-hybridized carbons (Fsp3) is 0.474. The summed E-state index contributed by atoms with van der Waals surface area (Å²) in [6, 6.07) is 5.04. The molecule has 1 saturated carbocycles. The molecule has 130 valence electrons. The van der Waals surface area contributed by atoms with Crippen molar-refractivity contribution in [2.45, 2.75) is 38.5 Å². The first-order valence-corrected chi connectivity index (χ1v) is 8.87. The molecule has 2 rings (SSSR count). The Morgan fingerprint density at radius 2 is 1.96 bits per heavy atom. The zero-order valence-electron chi connectivity index (χ0n) is 14.2. The van der Waals surface area contributed by atoms with Gasteiger partial charge in [0.25, 0.3) is 5.91 Å². The van der Waals surface area contributed by atoms with Crippen LogP contribution in [0.2, 0.25) is 5.02 Å². The van der Waals surface area contributed by atoms with Gasteiger partial charge in [-0.2, -0.15) is 0 Å². The van der Waals surface area contributed by atoms with E-state index in [0.29, 0.717) is 22.8 Å². The van der Waals surface area contributed by atoms with E-state index in [4.69, 9.17) is 11.6 Å². The molecule has 0 unspecified atom stereocenters. The third-order valence-corrected chi connectivity index (χ3v) is 4.76. The molecule has 1 aliphatic rings. The highest BCUT2D eigenvalue weighted by atomic mass is 35.5. The number of amides is 2. The lowest BCUT2D eigenvalue weighted by Gasteiger charge is -2.17. The minimum atomic E-state index is -0.165. The van der Waals surface area contributed by atoms with Crippen molar-refractivity contribution in [3.05, 3.63) is 41.4 Å². The van der Waals surface area contributed by atoms with Crippen LogP contribution in [0.5, 0.6) is 0 Å². The fourth-order valence-electron chi connectivity index (χ4n) is 3.03. The molecule has 2 amide bonds. The van der Waals surface area contributed by atoms with Gasteiger partial charge in [0, 0.05) is 25.2 Å². The first-order valence-electron chi connectivity index (χ1n) is 8.49. The van der Waals surface area contributed by atoms with Crippen molar-refractivity contribution in [1.82, 2.24) is 4.90 Å². The van der Waals surface area contributed by atoms with E-state index in [2.05, 4.69) is 11.9 Å². The average molecular weight is 349 g/mol. The maximum atomic E-state index is 12.4. The van der Waals surface area contributed by atoms with Gasteiger partial charge in [-0.15, -0.1) is 6.58 Å². The molecule has 0 saturated heterocycles. The van der Waals surface area contributed by atoms with Crippen molar-refractivity contribution in [1.29, 1.82) is 0 Å². The largest absolute Gasteiger partial charge is 0.338 e. The number of halogens is 1. The normalized spacial score (nSPS) is 15.4. The van der Waals surface area contributed by atoms with Crippen molar-refractivity contribution in [2.75, 3.05) is 18.9 Å². The summed E-state index contributed by atoms with van der Waals surface area (Å²) in [5, 5.41) is 3.28. The smallest absolute Gasteiger partial charge is 0.255 e. The summed E-state index contributed by atoms with van der Waals surface area (Å²) in [6.45, 7) is 4.08. The first kappa shape index (κ1) is 18.5. The van der Waals surface area contributed by atoms with Crippen molar-refractivity contribution in [3.63, 3.8) is 0 Å². The van der Waals surface area contributed by atoms with Gasteiger partial charge in [0.1, 0.15) is 0 Å². The lowest BCUT2D eigenvalue weighted by molar-refractivity contribution is -0.120. The molecule has 5 heteroatoms. The molecule has 0 aliphatic heterocycles. The Labute approximate surface area is 148 Å². The summed E-state index contributed by atoms with van der Waals surface area (Å²) in [6.07, 6.45) is 8.21. The van der Waals surface area contributed by atoms with Crippen molar-refractivity contribution < 1.29 is 9.59 Å². The average Bonchev–Trinajstić information content (AvgIpc) is 2.84. The Morgan fingerprint density at radius 1 is 1.29 bits per heavy atom. The SMILES string of the molecule is C=CCN(C)C(=O)c1ccc(NC(=O)C2CCCCCC2)cc1Cl. The van der Waals surface area contributed by atoms with Crippen molar-refractivity contribution in [3.8, 4) is 0 Å². The molecule has 0 spiro atoms. The van der Waals surface area contributed by atoms with Crippen LogP contribution in [-0.2, 0) is 4.79 Å². The van der Waals surface area contributed by atoms with Crippen molar-refractivity contribution >= 4 is 29.1 Å². The molecule has 0 aromatic heterocycles. The summed E-state index contributed by atoms with van der Waals surface area (Å²) in [5.74, 6) is -0.0383. The number of carbonyl (C=O) groups is 2. The van der Waals surface area contributed by atoms with Crippen LogP contribution in [0.15, 0.2) is 30.9 Å². The Bertz CT molecular complexity index is 607. The van der Waals surface area contributed by atoms with Crippen molar-refractivity contribution in [2.24, 2.45) is 5.92 Å². The highest BCUT2D eigenvalue weighted by Gasteiger charge is 2.21. The second-order valence-corrected chi connectivity index (χ2v) is 6.75. The van der Waals surface area contributed by atoms with Crippen LogP contribution in [0.4, 0.5) is 5.69 Å². The number of likely N-dealkylation sites (N-methyl/N-ethyl adjacent to an activating group) is 1. The zero-order chi connectivity index (χ0) is 17.5. The van der Waals surface area contributed by atoms with Gasteiger partial charge >= 0.3 is 0 Å². The number of carbonyl (C=O) groups excluding carboxylic acids is 2. The highest BCUT2D eigenvalue weighted by molar-refractivity contribution is 6.34. The van der Waals surface area contributed by atoms with E-state index in [1.165, 1.54) is 17.7 Å². The Morgan fingerprint density at radius 3 is 2.54 bits per heavy atom. The molecule has 1 aromatic carbocycles. The summed E-state index contributed by atoms with van der Waals surface area (Å²) in [4.78, 5) is 26.2. The molecule has 0 bridgehead atoms. The highest BCUT2D eigenvalue weighted by Crippen LogP contribution is 2.26. The molecule has 0 atom stereocenters. The quantitative estimate of drug-likeness (QED) is 0.628. The summed E-state index contributed by atoms with van der Waals surface area (Å²) in [7, 11) is 1.70. The number of hydrogen-bond acceptors (Lipinski definition) is 2.